The van der Waals surface area contributed by atoms with Crippen LogP contribution in [0.15, 0.2) is 29.1 Å². The van der Waals surface area contributed by atoms with E-state index in [-0.39, 0.29) is 5.69 Å². The van der Waals surface area contributed by atoms with E-state index in [1.807, 2.05) is 24.3 Å². The van der Waals surface area contributed by atoms with Crippen LogP contribution in [0.2, 0.25) is 0 Å². The van der Waals surface area contributed by atoms with Crippen molar-refractivity contribution in [1.82, 2.24) is 8.65 Å². The van der Waals surface area contributed by atoms with Gasteiger partial charge in [-0.25, -0.2) is 8.88 Å². The molecule has 3 nitrogen and oxygen atoms in total. The standard InChI is InChI=1S/C8H7ClN2O/c1-10-6-4-2-3-5-7(6)11(9)8(10)12/h2-5H,1H3. The van der Waals surface area contributed by atoms with E-state index in [0.717, 1.165) is 15.1 Å². The summed E-state index contributed by atoms with van der Waals surface area (Å²) in [4.78, 5) is 11.3. The number of aryl methyl sites for hydroxylation is 1. The van der Waals surface area contributed by atoms with Crippen LogP contribution in [0.3, 0.4) is 0 Å². The summed E-state index contributed by atoms with van der Waals surface area (Å²) >= 11 is 5.73. The van der Waals surface area contributed by atoms with E-state index in [1.54, 1.807) is 7.05 Å². The van der Waals surface area contributed by atoms with Gasteiger partial charge in [-0.2, -0.15) is 0 Å². The highest BCUT2D eigenvalue weighted by Crippen LogP contribution is 2.11. The maximum atomic E-state index is 11.3. The van der Waals surface area contributed by atoms with E-state index in [4.69, 9.17) is 11.8 Å². The molecule has 0 atom stereocenters. The zero-order valence-electron chi connectivity index (χ0n) is 6.49. The van der Waals surface area contributed by atoms with Gasteiger partial charge in [0.05, 0.1) is 11.0 Å². The summed E-state index contributed by atoms with van der Waals surface area (Å²) in [5.41, 5.74) is 1.38. The topological polar surface area (TPSA) is 26.9 Å². The van der Waals surface area contributed by atoms with Crippen molar-refractivity contribution in [3.05, 3.63) is 34.7 Å². The number of imidazole rings is 1. The molecule has 0 unspecified atom stereocenters. The Hall–Kier alpha value is -1.22. The molecule has 0 aliphatic rings. The first-order valence-electron chi connectivity index (χ1n) is 3.54. The Bertz CT molecular complexity index is 441. The average Bonchev–Trinajstić information content (AvgIpc) is 2.33. The lowest BCUT2D eigenvalue weighted by Gasteiger charge is -1.89. The average molecular weight is 183 g/mol. The molecule has 0 aliphatic carbocycles. The first-order chi connectivity index (χ1) is 5.72. The molecule has 0 saturated heterocycles. The van der Waals surface area contributed by atoms with Gasteiger partial charge in [0.2, 0.25) is 0 Å². The van der Waals surface area contributed by atoms with Gasteiger partial charge < -0.3 is 0 Å². The van der Waals surface area contributed by atoms with Gasteiger partial charge >= 0.3 is 5.69 Å². The zero-order chi connectivity index (χ0) is 8.72. The zero-order valence-corrected chi connectivity index (χ0v) is 7.25. The molecule has 0 aliphatic heterocycles. The predicted octanol–water partition coefficient (Wildman–Crippen LogP) is 1.34. The van der Waals surface area contributed by atoms with Gasteiger partial charge in [-0.3, -0.25) is 4.57 Å². The third-order valence-electron chi connectivity index (χ3n) is 1.91. The molecular formula is C8H7ClN2O. The van der Waals surface area contributed by atoms with Crippen LogP contribution in [-0.2, 0) is 7.05 Å². The fourth-order valence-electron chi connectivity index (χ4n) is 1.25. The Balaban J connectivity index is 3.09. The molecule has 0 saturated carbocycles. The third-order valence-corrected chi connectivity index (χ3v) is 2.24. The largest absolute Gasteiger partial charge is 0.343 e. The molecule has 1 aromatic heterocycles. The lowest BCUT2D eigenvalue weighted by molar-refractivity contribution is 0.875. The van der Waals surface area contributed by atoms with Crippen LogP contribution >= 0.6 is 11.8 Å². The molecule has 0 spiro atoms. The molecular weight excluding hydrogens is 176 g/mol. The van der Waals surface area contributed by atoms with Crippen LogP contribution in [0.5, 0.6) is 0 Å². The third kappa shape index (κ3) is 0.800. The fraction of sp³-hybridized carbons (Fsp3) is 0.125. The molecule has 1 heterocycles. The Morgan fingerprint density at radius 3 is 2.42 bits per heavy atom. The highest BCUT2D eigenvalue weighted by atomic mass is 35.5. The summed E-state index contributed by atoms with van der Waals surface area (Å²) in [6, 6.07) is 7.39. The summed E-state index contributed by atoms with van der Waals surface area (Å²) in [5, 5.41) is 0. The summed E-state index contributed by atoms with van der Waals surface area (Å²) in [5.74, 6) is 0. The van der Waals surface area contributed by atoms with Crippen LogP contribution in [0.4, 0.5) is 0 Å². The van der Waals surface area contributed by atoms with Crippen LogP contribution in [0.1, 0.15) is 0 Å². The summed E-state index contributed by atoms with van der Waals surface area (Å²) in [7, 11) is 1.70. The Kier molecular flexibility index (Phi) is 1.48. The fourth-order valence-corrected chi connectivity index (χ4v) is 1.51. The monoisotopic (exact) mass is 182 g/mol. The van der Waals surface area contributed by atoms with Crippen molar-refractivity contribution in [3.8, 4) is 0 Å². The van der Waals surface area contributed by atoms with Gasteiger partial charge in [0.1, 0.15) is 0 Å². The normalized spacial score (nSPS) is 10.8. The summed E-state index contributed by atoms with van der Waals surface area (Å²) in [6.45, 7) is 0. The second kappa shape index (κ2) is 2.38. The summed E-state index contributed by atoms with van der Waals surface area (Å²) < 4.78 is 2.64. The van der Waals surface area contributed by atoms with Crippen molar-refractivity contribution < 1.29 is 0 Å². The van der Waals surface area contributed by atoms with Gasteiger partial charge in [-0.05, 0) is 12.1 Å². The predicted molar refractivity (Wildman–Crippen MR) is 48.4 cm³/mol. The number of hydrogen-bond acceptors (Lipinski definition) is 1. The molecule has 2 aromatic rings. The Labute approximate surface area is 73.9 Å². The number of halogens is 1. The van der Waals surface area contributed by atoms with Crippen molar-refractivity contribution >= 4 is 22.8 Å². The molecule has 4 heteroatoms. The second-order valence-electron chi connectivity index (χ2n) is 2.61. The molecule has 2 rings (SSSR count). The highest BCUT2D eigenvalue weighted by molar-refractivity contribution is 6.18. The van der Waals surface area contributed by atoms with Crippen LogP contribution in [-0.4, -0.2) is 8.65 Å². The van der Waals surface area contributed by atoms with Gasteiger partial charge in [0, 0.05) is 18.8 Å². The molecule has 0 fully saturated rings. The van der Waals surface area contributed by atoms with Crippen molar-refractivity contribution in [3.63, 3.8) is 0 Å². The van der Waals surface area contributed by atoms with E-state index >= 15 is 0 Å². The quantitative estimate of drug-likeness (QED) is 0.604. The molecule has 1 aromatic carbocycles. The molecule has 12 heavy (non-hydrogen) atoms. The maximum absolute atomic E-state index is 11.3. The minimum absolute atomic E-state index is 0.210. The Morgan fingerprint density at radius 1 is 1.25 bits per heavy atom. The number of para-hydroxylation sites is 2. The van der Waals surface area contributed by atoms with E-state index in [1.165, 1.54) is 4.57 Å². The number of rotatable bonds is 0. The van der Waals surface area contributed by atoms with Crippen molar-refractivity contribution in [1.29, 1.82) is 0 Å². The Morgan fingerprint density at radius 2 is 1.83 bits per heavy atom. The number of aromatic nitrogens is 2. The lowest BCUT2D eigenvalue weighted by atomic mass is 10.3. The first kappa shape index (κ1) is 7.43. The van der Waals surface area contributed by atoms with Gasteiger partial charge in [-0.1, -0.05) is 12.1 Å². The first-order valence-corrected chi connectivity index (χ1v) is 3.88. The number of fused-ring (bicyclic) bond motifs is 1. The number of benzene rings is 1. The van der Waals surface area contributed by atoms with Crippen LogP contribution < -0.4 is 5.69 Å². The van der Waals surface area contributed by atoms with E-state index in [0.29, 0.717) is 0 Å². The van der Waals surface area contributed by atoms with E-state index in [9.17, 15) is 4.79 Å². The van der Waals surface area contributed by atoms with Crippen LogP contribution in [0.25, 0.3) is 11.0 Å². The van der Waals surface area contributed by atoms with Gasteiger partial charge in [0.15, 0.2) is 0 Å². The molecule has 0 radical (unpaired) electrons. The number of hydrogen-bond donors (Lipinski definition) is 0. The smallest absolute Gasteiger partial charge is 0.294 e. The second-order valence-corrected chi connectivity index (χ2v) is 2.95. The minimum Gasteiger partial charge on any atom is -0.294 e. The van der Waals surface area contributed by atoms with Gasteiger partial charge in [-0.15, -0.1) is 0 Å². The lowest BCUT2D eigenvalue weighted by Crippen LogP contribution is -2.16. The summed E-state index contributed by atoms with van der Waals surface area (Å²) in [6.07, 6.45) is 0. The van der Waals surface area contributed by atoms with E-state index in [2.05, 4.69) is 0 Å². The van der Waals surface area contributed by atoms with Crippen LogP contribution in [0, 0.1) is 0 Å². The van der Waals surface area contributed by atoms with Crippen molar-refractivity contribution in [2.45, 2.75) is 0 Å². The van der Waals surface area contributed by atoms with Crippen molar-refractivity contribution in [2.75, 3.05) is 0 Å². The highest BCUT2D eigenvalue weighted by Gasteiger charge is 2.06. The minimum atomic E-state index is -0.210. The SMILES string of the molecule is Cn1c(=O)n(Cl)c2ccccc21. The van der Waals surface area contributed by atoms with E-state index < -0.39 is 0 Å². The molecule has 62 valence electrons. The van der Waals surface area contributed by atoms with Crippen molar-refractivity contribution in [2.24, 2.45) is 7.05 Å². The maximum Gasteiger partial charge on any atom is 0.343 e. The van der Waals surface area contributed by atoms with Gasteiger partial charge in [0.25, 0.3) is 0 Å². The molecule has 0 bridgehead atoms. The number of nitrogens with zero attached hydrogens (tertiary/aromatic N) is 2. The molecule has 0 amide bonds. The molecule has 0 N–H and O–H groups in total.